The molecule has 0 saturated carbocycles. The molecule has 0 radical (unpaired) electrons. The average Bonchev–Trinajstić information content (AvgIpc) is 3.03. The Morgan fingerprint density at radius 2 is 2.38 bits per heavy atom. The summed E-state index contributed by atoms with van der Waals surface area (Å²) in [5.74, 6) is 0. The highest BCUT2D eigenvalue weighted by molar-refractivity contribution is 7.16. The molecule has 3 rings (SSSR count). The van der Waals surface area contributed by atoms with Crippen LogP contribution in [0.15, 0.2) is 10.9 Å². The highest BCUT2D eigenvalue weighted by Gasteiger charge is 2.25. The Kier molecular flexibility index (Phi) is 4.32. The number of rotatable bonds is 5. The van der Waals surface area contributed by atoms with Crippen molar-refractivity contribution < 1.29 is 5.11 Å². The summed E-state index contributed by atoms with van der Waals surface area (Å²) in [5, 5.41) is 14.3. The molecule has 0 bridgehead atoms. The van der Waals surface area contributed by atoms with Crippen LogP contribution in [0.3, 0.4) is 0 Å². The predicted octanol–water partition coefficient (Wildman–Crippen LogP) is 1.20. The zero-order valence-corrected chi connectivity index (χ0v) is 13.0. The minimum atomic E-state index is -0.113. The van der Waals surface area contributed by atoms with Gasteiger partial charge in [-0.15, -0.1) is 0 Å². The van der Waals surface area contributed by atoms with Gasteiger partial charge in [-0.1, -0.05) is 11.3 Å². The molecular formula is C14H20N4O2S. The number of aliphatic hydroxyl groups excluding tert-OH is 1. The van der Waals surface area contributed by atoms with Crippen molar-refractivity contribution in [2.45, 2.75) is 45.2 Å². The number of fused-ring (bicyclic) bond motifs is 1. The van der Waals surface area contributed by atoms with E-state index < -0.39 is 0 Å². The minimum Gasteiger partial charge on any atom is -0.396 e. The Bertz CT molecular complexity index is 681. The first kappa shape index (κ1) is 14.6. The van der Waals surface area contributed by atoms with Gasteiger partial charge in [0.15, 0.2) is 0 Å². The lowest BCUT2D eigenvalue weighted by atomic mass is 10.1. The van der Waals surface area contributed by atoms with Crippen molar-refractivity contribution in [1.82, 2.24) is 19.5 Å². The highest BCUT2D eigenvalue weighted by atomic mass is 32.1. The predicted molar refractivity (Wildman–Crippen MR) is 81.6 cm³/mol. The molecule has 1 unspecified atom stereocenters. The number of aliphatic hydroxyl groups is 1. The van der Waals surface area contributed by atoms with E-state index in [-0.39, 0.29) is 12.2 Å². The maximum Gasteiger partial charge on any atom is 0.275 e. The zero-order chi connectivity index (χ0) is 14.8. The largest absolute Gasteiger partial charge is 0.396 e. The molecule has 2 aromatic rings. The summed E-state index contributed by atoms with van der Waals surface area (Å²) >= 11 is 1.49. The molecule has 0 aromatic carbocycles. The summed E-state index contributed by atoms with van der Waals surface area (Å²) < 4.78 is 1.39. The molecule has 3 heterocycles. The molecular weight excluding hydrogens is 288 g/mol. The third-order valence-corrected chi connectivity index (χ3v) is 4.84. The van der Waals surface area contributed by atoms with Gasteiger partial charge >= 0.3 is 0 Å². The van der Waals surface area contributed by atoms with Crippen LogP contribution in [-0.2, 0) is 6.54 Å². The molecule has 1 N–H and O–H groups in total. The molecule has 1 fully saturated rings. The van der Waals surface area contributed by atoms with Crippen LogP contribution in [0.4, 0.5) is 0 Å². The Morgan fingerprint density at radius 3 is 3.19 bits per heavy atom. The van der Waals surface area contributed by atoms with Crippen molar-refractivity contribution >= 4 is 16.3 Å². The van der Waals surface area contributed by atoms with Crippen LogP contribution in [0.1, 0.15) is 36.4 Å². The highest BCUT2D eigenvalue weighted by Crippen LogP contribution is 2.24. The van der Waals surface area contributed by atoms with Gasteiger partial charge in [0.25, 0.3) is 5.56 Å². The van der Waals surface area contributed by atoms with Crippen LogP contribution in [0.2, 0.25) is 0 Å². The SMILES string of the molecule is Cc1cc(=O)n2nc(CN3CCCC3CCCO)sc2n1. The Hall–Kier alpha value is -1.31. The fraction of sp³-hybridized carbons (Fsp3) is 0.643. The first-order valence-corrected chi connectivity index (χ1v) is 8.20. The maximum atomic E-state index is 11.9. The van der Waals surface area contributed by atoms with Gasteiger partial charge in [0.2, 0.25) is 4.96 Å². The second-order valence-corrected chi connectivity index (χ2v) is 6.60. The van der Waals surface area contributed by atoms with Gasteiger partial charge in [0, 0.05) is 24.4 Å². The van der Waals surface area contributed by atoms with Crippen LogP contribution in [0, 0.1) is 6.92 Å². The van der Waals surface area contributed by atoms with E-state index in [9.17, 15) is 4.79 Å². The molecule has 0 aliphatic carbocycles. The lowest BCUT2D eigenvalue weighted by Crippen LogP contribution is -2.29. The lowest BCUT2D eigenvalue weighted by Gasteiger charge is -2.22. The summed E-state index contributed by atoms with van der Waals surface area (Å²) in [7, 11) is 0. The van der Waals surface area contributed by atoms with E-state index in [4.69, 9.17) is 5.11 Å². The van der Waals surface area contributed by atoms with Crippen LogP contribution in [0.25, 0.3) is 4.96 Å². The van der Waals surface area contributed by atoms with Gasteiger partial charge in [-0.05, 0) is 39.2 Å². The third kappa shape index (κ3) is 3.14. The Balaban J connectivity index is 1.78. The number of aromatic nitrogens is 3. The van der Waals surface area contributed by atoms with E-state index in [1.807, 2.05) is 6.92 Å². The van der Waals surface area contributed by atoms with Gasteiger partial charge in [0.05, 0.1) is 6.54 Å². The molecule has 6 nitrogen and oxygen atoms in total. The average molecular weight is 308 g/mol. The van der Waals surface area contributed by atoms with Crippen LogP contribution >= 0.6 is 11.3 Å². The molecule has 1 aliphatic rings. The second kappa shape index (κ2) is 6.21. The number of likely N-dealkylation sites (tertiary alicyclic amines) is 1. The van der Waals surface area contributed by atoms with Crippen LogP contribution in [-0.4, -0.2) is 43.8 Å². The quantitative estimate of drug-likeness (QED) is 0.898. The number of aryl methyl sites for hydroxylation is 1. The summed E-state index contributed by atoms with van der Waals surface area (Å²) in [4.78, 5) is 19.3. The van der Waals surface area contributed by atoms with E-state index in [1.165, 1.54) is 34.8 Å². The second-order valence-electron chi connectivity index (χ2n) is 5.56. The molecule has 7 heteroatoms. The minimum absolute atomic E-state index is 0.113. The van der Waals surface area contributed by atoms with Crippen molar-refractivity contribution in [2.24, 2.45) is 0 Å². The van der Waals surface area contributed by atoms with Crippen molar-refractivity contribution in [1.29, 1.82) is 0 Å². The molecule has 1 saturated heterocycles. The van der Waals surface area contributed by atoms with Gasteiger partial charge in [-0.25, -0.2) is 4.98 Å². The fourth-order valence-corrected chi connectivity index (χ4v) is 3.93. The van der Waals surface area contributed by atoms with Crippen LogP contribution in [0.5, 0.6) is 0 Å². The fourth-order valence-electron chi connectivity index (χ4n) is 2.95. The van der Waals surface area contributed by atoms with Crippen molar-refractivity contribution in [2.75, 3.05) is 13.2 Å². The molecule has 1 aliphatic heterocycles. The Morgan fingerprint density at radius 1 is 1.52 bits per heavy atom. The summed E-state index contributed by atoms with van der Waals surface area (Å²) in [6, 6.07) is 2.03. The summed E-state index contributed by atoms with van der Waals surface area (Å²) in [6.45, 7) is 3.91. The standard InChI is InChI=1S/C14H20N4O2S/c1-10-8-13(20)18-14(15-10)21-12(16-18)9-17-6-2-4-11(17)5-3-7-19/h8,11,19H,2-7,9H2,1H3. The molecule has 0 spiro atoms. The summed E-state index contributed by atoms with van der Waals surface area (Å²) in [6.07, 6.45) is 4.25. The normalized spacial score (nSPS) is 19.6. The van der Waals surface area contributed by atoms with E-state index in [2.05, 4.69) is 15.0 Å². The first-order chi connectivity index (χ1) is 10.2. The third-order valence-electron chi connectivity index (χ3n) is 3.95. The number of nitrogens with zero attached hydrogens (tertiary/aromatic N) is 4. The van der Waals surface area contributed by atoms with E-state index in [0.29, 0.717) is 11.0 Å². The molecule has 21 heavy (non-hydrogen) atoms. The number of hydrogen-bond acceptors (Lipinski definition) is 6. The smallest absolute Gasteiger partial charge is 0.275 e. The number of hydrogen-bond donors (Lipinski definition) is 1. The lowest BCUT2D eigenvalue weighted by molar-refractivity contribution is 0.209. The van der Waals surface area contributed by atoms with Crippen molar-refractivity contribution in [3.8, 4) is 0 Å². The van der Waals surface area contributed by atoms with E-state index in [1.54, 1.807) is 0 Å². The Labute approximate surface area is 127 Å². The van der Waals surface area contributed by atoms with Crippen molar-refractivity contribution in [3.63, 3.8) is 0 Å². The van der Waals surface area contributed by atoms with Gasteiger partial charge in [-0.3, -0.25) is 9.69 Å². The monoisotopic (exact) mass is 308 g/mol. The van der Waals surface area contributed by atoms with Gasteiger partial charge in [0.1, 0.15) is 5.01 Å². The maximum absolute atomic E-state index is 11.9. The molecule has 0 amide bonds. The zero-order valence-electron chi connectivity index (χ0n) is 12.2. The van der Waals surface area contributed by atoms with Crippen molar-refractivity contribution in [3.05, 3.63) is 27.1 Å². The molecule has 1 atom stereocenters. The van der Waals surface area contributed by atoms with Gasteiger partial charge in [-0.2, -0.15) is 9.61 Å². The summed E-state index contributed by atoms with van der Waals surface area (Å²) in [5.41, 5.74) is 0.621. The van der Waals surface area contributed by atoms with Crippen LogP contribution < -0.4 is 5.56 Å². The van der Waals surface area contributed by atoms with E-state index >= 15 is 0 Å². The van der Waals surface area contributed by atoms with E-state index in [0.717, 1.165) is 36.6 Å². The first-order valence-electron chi connectivity index (χ1n) is 7.38. The van der Waals surface area contributed by atoms with Gasteiger partial charge < -0.3 is 5.11 Å². The topological polar surface area (TPSA) is 70.7 Å². The molecule has 2 aromatic heterocycles. The molecule has 114 valence electrons.